The van der Waals surface area contributed by atoms with Gasteiger partial charge in [-0.2, -0.15) is 5.26 Å². The lowest BCUT2D eigenvalue weighted by atomic mass is 10.1. The molecule has 1 rings (SSSR count). The van der Waals surface area contributed by atoms with Crippen LogP contribution in [0.5, 0.6) is 0 Å². The van der Waals surface area contributed by atoms with E-state index >= 15 is 0 Å². The van der Waals surface area contributed by atoms with Gasteiger partial charge in [0, 0.05) is 13.0 Å². The van der Waals surface area contributed by atoms with Crippen LogP contribution in [0.2, 0.25) is 0 Å². The molecule has 0 radical (unpaired) electrons. The van der Waals surface area contributed by atoms with Crippen LogP contribution < -0.4 is 4.72 Å². The van der Waals surface area contributed by atoms with Crippen LogP contribution in [0.4, 0.5) is 0 Å². The van der Waals surface area contributed by atoms with E-state index in [0.717, 1.165) is 0 Å². The van der Waals surface area contributed by atoms with Crippen molar-refractivity contribution in [2.75, 3.05) is 6.54 Å². The molecule has 1 atom stereocenters. The second-order valence-corrected chi connectivity index (χ2v) is 6.76. The van der Waals surface area contributed by atoms with Crippen molar-refractivity contribution in [1.82, 2.24) is 4.72 Å². The van der Waals surface area contributed by atoms with Crippen LogP contribution in [-0.2, 0) is 20.6 Å². The van der Waals surface area contributed by atoms with E-state index in [0.29, 0.717) is 17.5 Å². The van der Waals surface area contributed by atoms with Gasteiger partial charge in [0.05, 0.1) is 17.4 Å². The first-order chi connectivity index (χ1) is 9.82. The van der Waals surface area contributed by atoms with Crippen LogP contribution in [0.1, 0.15) is 30.9 Å². The molecule has 7 heteroatoms. The zero-order valence-corrected chi connectivity index (χ0v) is 12.6. The fourth-order valence-electron chi connectivity index (χ4n) is 1.69. The lowest BCUT2D eigenvalue weighted by Crippen LogP contribution is -2.29. The number of nitrogens with zero attached hydrogens (tertiary/aromatic N) is 1. The fourth-order valence-corrected chi connectivity index (χ4v) is 2.96. The summed E-state index contributed by atoms with van der Waals surface area (Å²) in [6.45, 7) is 2.01. The molecular weight excluding hydrogens is 292 g/mol. The van der Waals surface area contributed by atoms with Gasteiger partial charge in [0.15, 0.2) is 0 Å². The molecule has 0 fully saturated rings. The molecule has 0 aliphatic rings. The second kappa shape index (κ2) is 7.76. The van der Waals surface area contributed by atoms with Crippen LogP contribution in [0.15, 0.2) is 24.3 Å². The number of hydrogen-bond donors (Lipinski definition) is 2. The fraction of sp³-hybridized carbons (Fsp3) is 0.429. The highest BCUT2D eigenvalue weighted by Crippen LogP contribution is 2.09. The monoisotopic (exact) mass is 310 g/mol. The minimum absolute atomic E-state index is 0.0263. The van der Waals surface area contributed by atoms with Crippen molar-refractivity contribution in [3.05, 3.63) is 35.4 Å². The summed E-state index contributed by atoms with van der Waals surface area (Å²) < 4.78 is 26.3. The van der Waals surface area contributed by atoms with Gasteiger partial charge in [-0.1, -0.05) is 19.1 Å². The van der Waals surface area contributed by atoms with Crippen molar-refractivity contribution in [2.45, 2.75) is 25.5 Å². The lowest BCUT2D eigenvalue weighted by Gasteiger charge is -2.12. The molecule has 6 nitrogen and oxygen atoms in total. The van der Waals surface area contributed by atoms with Gasteiger partial charge in [-0.25, -0.2) is 13.1 Å². The van der Waals surface area contributed by atoms with Crippen molar-refractivity contribution in [3.63, 3.8) is 0 Å². The Morgan fingerprint density at radius 2 is 2.00 bits per heavy atom. The maximum absolute atomic E-state index is 11.9. The summed E-state index contributed by atoms with van der Waals surface area (Å²) in [6, 6.07) is 8.31. The molecule has 0 amide bonds. The summed E-state index contributed by atoms with van der Waals surface area (Å²) in [7, 11) is -3.47. The van der Waals surface area contributed by atoms with E-state index in [2.05, 4.69) is 4.72 Å². The highest BCUT2D eigenvalue weighted by molar-refractivity contribution is 7.88. The molecule has 1 unspecified atom stereocenters. The number of sulfonamides is 1. The minimum atomic E-state index is -3.47. The SMILES string of the molecule is CC(CCC(=O)O)CNS(=O)(=O)Cc1ccc(C#N)cc1. The van der Waals surface area contributed by atoms with E-state index in [-0.39, 0.29) is 24.6 Å². The van der Waals surface area contributed by atoms with E-state index in [1.807, 2.05) is 6.07 Å². The number of carbonyl (C=O) groups is 1. The first-order valence-electron chi connectivity index (χ1n) is 6.50. The van der Waals surface area contributed by atoms with E-state index in [1.165, 1.54) is 0 Å². The van der Waals surface area contributed by atoms with Crippen LogP contribution in [-0.4, -0.2) is 26.0 Å². The molecule has 1 aromatic rings. The third-order valence-electron chi connectivity index (χ3n) is 2.94. The van der Waals surface area contributed by atoms with E-state index in [4.69, 9.17) is 10.4 Å². The number of carboxylic acids is 1. The van der Waals surface area contributed by atoms with Crippen LogP contribution in [0.25, 0.3) is 0 Å². The standard InChI is InChI=1S/C14H18N2O4S/c1-11(2-7-14(17)18)9-16-21(19,20)10-13-5-3-12(8-15)4-6-13/h3-6,11,16H,2,7,9-10H2,1H3,(H,17,18). The molecule has 0 bridgehead atoms. The summed E-state index contributed by atoms with van der Waals surface area (Å²) in [5.41, 5.74) is 1.08. The third-order valence-corrected chi connectivity index (χ3v) is 4.26. The largest absolute Gasteiger partial charge is 0.481 e. The molecule has 0 saturated carbocycles. The maximum atomic E-state index is 11.9. The van der Waals surface area contributed by atoms with Gasteiger partial charge >= 0.3 is 5.97 Å². The van der Waals surface area contributed by atoms with Crippen molar-refractivity contribution >= 4 is 16.0 Å². The number of aliphatic carboxylic acids is 1. The Kier molecular flexibility index (Phi) is 6.34. The molecule has 114 valence electrons. The Hall–Kier alpha value is -1.91. The molecule has 0 aromatic heterocycles. The average Bonchev–Trinajstić information content (AvgIpc) is 2.43. The maximum Gasteiger partial charge on any atom is 0.303 e. The van der Waals surface area contributed by atoms with E-state index in [1.54, 1.807) is 31.2 Å². The number of carboxylic acid groups (broad SMARTS) is 1. The second-order valence-electron chi connectivity index (χ2n) is 4.95. The molecule has 0 saturated heterocycles. The number of rotatable bonds is 8. The predicted octanol–water partition coefficient (Wildman–Crippen LogP) is 1.48. The Bertz CT molecular complexity index is 617. The van der Waals surface area contributed by atoms with E-state index < -0.39 is 16.0 Å². The Balaban J connectivity index is 2.49. The van der Waals surface area contributed by atoms with Gasteiger partial charge < -0.3 is 5.11 Å². The number of benzene rings is 1. The van der Waals surface area contributed by atoms with Crippen molar-refractivity contribution in [1.29, 1.82) is 5.26 Å². The minimum Gasteiger partial charge on any atom is -0.481 e. The lowest BCUT2D eigenvalue weighted by molar-refractivity contribution is -0.137. The normalized spacial score (nSPS) is 12.6. The summed E-state index contributed by atoms with van der Waals surface area (Å²) in [5.74, 6) is -1.09. The summed E-state index contributed by atoms with van der Waals surface area (Å²) >= 11 is 0. The quantitative estimate of drug-likeness (QED) is 0.756. The highest BCUT2D eigenvalue weighted by atomic mass is 32.2. The smallest absolute Gasteiger partial charge is 0.303 e. The number of nitrogens with one attached hydrogen (secondary N) is 1. The molecule has 0 spiro atoms. The number of nitriles is 1. The van der Waals surface area contributed by atoms with Gasteiger partial charge in [-0.3, -0.25) is 4.79 Å². The molecule has 0 heterocycles. The van der Waals surface area contributed by atoms with Gasteiger partial charge in [0.25, 0.3) is 0 Å². The molecule has 1 aromatic carbocycles. The van der Waals surface area contributed by atoms with Crippen molar-refractivity contribution in [2.24, 2.45) is 5.92 Å². The van der Waals surface area contributed by atoms with Gasteiger partial charge in [0.1, 0.15) is 0 Å². The van der Waals surface area contributed by atoms with Gasteiger partial charge in [0.2, 0.25) is 10.0 Å². The molecule has 21 heavy (non-hydrogen) atoms. The third kappa shape index (κ3) is 6.88. The predicted molar refractivity (Wildman–Crippen MR) is 77.8 cm³/mol. The van der Waals surface area contributed by atoms with Crippen molar-refractivity contribution in [3.8, 4) is 6.07 Å². The van der Waals surface area contributed by atoms with Crippen LogP contribution in [0.3, 0.4) is 0 Å². The molecular formula is C14H18N2O4S. The molecule has 2 N–H and O–H groups in total. The first-order valence-corrected chi connectivity index (χ1v) is 8.16. The summed E-state index contributed by atoms with van der Waals surface area (Å²) in [6.07, 6.45) is 0.452. The first kappa shape index (κ1) is 17.1. The Morgan fingerprint density at radius 1 is 1.38 bits per heavy atom. The average molecular weight is 310 g/mol. The molecule has 0 aliphatic heterocycles. The zero-order chi connectivity index (χ0) is 15.9. The van der Waals surface area contributed by atoms with Crippen molar-refractivity contribution < 1.29 is 18.3 Å². The topological polar surface area (TPSA) is 107 Å². The highest BCUT2D eigenvalue weighted by Gasteiger charge is 2.14. The zero-order valence-electron chi connectivity index (χ0n) is 11.7. The Labute approximate surface area is 124 Å². The summed E-state index contributed by atoms with van der Waals surface area (Å²) in [5, 5.41) is 17.2. The summed E-state index contributed by atoms with van der Waals surface area (Å²) in [4.78, 5) is 10.4. The molecule has 0 aliphatic carbocycles. The van der Waals surface area contributed by atoms with Crippen LogP contribution in [0, 0.1) is 17.2 Å². The van der Waals surface area contributed by atoms with Gasteiger partial charge in [-0.05, 0) is 30.0 Å². The van der Waals surface area contributed by atoms with Gasteiger partial charge in [-0.15, -0.1) is 0 Å². The number of hydrogen-bond acceptors (Lipinski definition) is 4. The Morgan fingerprint density at radius 3 is 2.52 bits per heavy atom. The van der Waals surface area contributed by atoms with Crippen LogP contribution >= 0.6 is 0 Å². The van der Waals surface area contributed by atoms with E-state index in [9.17, 15) is 13.2 Å².